The first-order chi connectivity index (χ1) is 8.60. The molecular weight excluding hydrogens is 228 g/mol. The van der Waals surface area contributed by atoms with E-state index >= 15 is 0 Å². The maximum absolute atomic E-state index is 4.70. The minimum absolute atomic E-state index is 0.681. The summed E-state index contributed by atoms with van der Waals surface area (Å²) in [6, 6.07) is 0. The van der Waals surface area contributed by atoms with E-state index in [1.165, 1.54) is 0 Å². The third kappa shape index (κ3) is 45.8. The van der Waals surface area contributed by atoms with Crippen LogP contribution in [0.25, 0.3) is 0 Å². The van der Waals surface area contributed by atoms with E-state index in [-0.39, 0.29) is 0 Å². The molecule has 0 aromatic rings. The molecule has 0 bridgehead atoms. The Labute approximate surface area is 113 Å². The van der Waals surface area contributed by atoms with Crippen LogP contribution < -0.4 is 0 Å². The predicted molar refractivity (Wildman–Crippen MR) is 80.1 cm³/mol. The third-order valence-corrected chi connectivity index (χ3v) is 1.39. The Morgan fingerprint density at radius 2 is 1.28 bits per heavy atom. The number of ether oxygens (including phenoxy) is 3. The Hall–Kier alpha value is -0.900. The molecule has 0 aromatic heterocycles. The zero-order chi connectivity index (χ0) is 14.6. The van der Waals surface area contributed by atoms with Crippen molar-refractivity contribution in [2.24, 2.45) is 0 Å². The van der Waals surface area contributed by atoms with Crippen molar-refractivity contribution < 1.29 is 14.2 Å². The molecule has 0 N–H and O–H groups in total. The van der Waals surface area contributed by atoms with E-state index in [4.69, 9.17) is 14.2 Å². The Morgan fingerprint density at radius 1 is 0.889 bits per heavy atom. The van der Waals surface area contributed by atoms with Gasteiger partial charge < -0.3 is 14.2 Å². The summed E-state index contributed by atoms with van der Waals surface area (Å²) in [7, 11) is 5.02. The van der Waals surface area contributed by atoms with Gasteiger partial charge in [0.05, 0.1) is 19.8 Å². The van der Waals surface area contributed by atoms with Gasteiger partial charge in [-0.15, -0.1) is 0 Å². The highest BCUT2D eigenvalue weighted by atomic mass is 16.5. The minimum Gasteiger partial charge on any atom is -0.381 e. The average molecular weight is 258 g/mol. The summed E-state index contributed by atoms with van der Waals surface area (Å²) >= 11 is 0. The third-order valence-electron chi connectivity index (χ3n) is 1.39. The fourth-order valence-electron chi connectivity index (χ4n) is 0.631. The van der Waals surface area contributed by atoms with Crippen LogP contribution in [0.3, 0.4) is 0 Å². The van der Waals surface area contributed by atoms with Crippen LogP contribution in [0.4, 0.5) is 0 Å². The van der Waals surface area contributed by atoms with Gasteiger partial charge in [0.1, 0.15) is 0 Å². The van der Waals surface area contributed by atoms with E-state index in [0.717, 1.165) is 18.8 Å². The highest BCUT2D eigenvalue weighted by Crippen LogP contribution is 1.82. The van der Waals surface area contributed by atoms with Gasteiger partial charge in [-0.25, -0.2) is 0 Å². The van der Waals surface area contributed by atoms with Crippen LogP contribution in [0.5, 0.6) is 0 Å². The lowest BCUT2D eigenvalue weighted by atomic mass is 10.4. The summed E-state index contributed by atoms with van der Waals surface area (Å²) in [4.78, 5) is 0. The summed E-state index contributed by atoms with van der Waals surface area (Å²) in [5, 5.41) is 0. The Bertz CT molecular complexity index is 182. The van der Waals surface area contributed by atoms with E-state index in [1.54, 1.807) is 21.3 Å². The van der Waals surface area contributed by atoms with Crippen LogP contribution in [0.15, 0.2) is 36.5 Å². The standard InChI is InChI=1S/3C5H10O/c1-5(2)4-6-3;2*1-3-4-5-6-2/h1,4H2,2-3H3;2*3-4H,5H2,1-2H3/b;4-3+;4-3-. The van der Waals surface area contributed by atoms with E-state index in [0.29, 0.717) is 6.61 Å². The second kappa shape index (κ2) is 25.1. The van der Waals surface area contributed by atoms with Crippen molar-refractivity contribution in [3.05, 3.63) is 36.5 Å². The molecule has 18 heavy (non-hydrogen) atoms. The Kier molecular flexibility index (Phi) is 31.1. The van der Waals surface area contributed by atoms with Gasteiger partial charge in [-0.2, -0.15) is 0 Å². The fraction of sp³-hybridized carbons (Fsp3) is 0.600. The highest BCUT2D eigenvalue weighted by Gasteiger charge is 1.75. The lowest BCUT2D eigenvalue weighted by Gasteiger charge is -1.90. The topological polar surface area (TPSA) is 27.7 Å². The van der Waals surface area contributed by atoms with Crippen molar-refractivity contribution in [1.82, 2.24) is 0 Å². The number of hydrogen-bond acceptors (Lipinski definition) is 3. The molecule has 0 radical (unpaired) electrons. The van der Waals surface area contributed by atoms with Crippen LogP contribution in [0.1, 0.15) is 20.8 Å². The summed E-state index contributed by atoms with van der Waals surface area (Å²) in [5.74, 6) is 0. The van der Waals surface area contributed by atoms with Crippen LogP contribution >= 0.6 is 0 Å². The quantitative estimate of drug-likeness (QED) is 0.681. The molecule has 0 unspecified atom stereocenters. The zero-order valence-electron chi connectivity index (χ0n) is 12.9. The molecule has 0 saturated heterocycles. The number of rotatable bonds is 6. The maximum atomic E-state index is 4.70. The van der Waals surface area contributed by atoms with Gasteiger partial charge in [0.15, 0.2) is 0 Å². The normalized spacial score (nSPS) is 9.67. The lowest BCUT2D eigenvalue weighted by Crippen LogP contribution is -1.85. The molecular formula is C15H30O3. The first kappa shape index (κ1) is 22.3. The van der Waals surface area contributed by atoms with Crippen LogP contribution in [-0.4, -0.2) is 41.2 Å². The Morgan fingerprint density at radius 3 is 1.33 bits per heavy atom. The maximum Gasteiger partial charge on any atom is 0.0667 e. The van der Waals surface area contributed by atoms with Crippen molar-refractivity contribution in [1.29, 1.82) is 0 Å². The van der Waals surface area contributed by atoms with Gasteiger partial charge in [-0.3, -0.25) is 0 Å². The SMILES string of the molecule is C/C=C/COC.C/C=C\COC.C=C(C)COC. The smallest absolute Gasteiger partial charge is 0.0667 e. The minimum atomic E-state index is 0.681. The second-order valence-electron chi connectivity index (χ2n) is 3.44. The van der Waals surface area contributed by atoms with Crippen molar-refractivity contribution in [2.45, 2.75) is 20.8 Å². The highest BCUT2D eigenvalue weighted by molar-refractivity contribution is 4.86. The summed E-state index contributed by atoms with van der Waals surface area (Å²) in [5.41, 5.74) is 1.07. The largest absolute Gasteiger partial charge is 0.381 e. The average Bonchev–Trinajstić information content (AvgIpc) is 2.35. The molecule has 0 atom stereocenters. The molecule has 0 aromatic carbocycles. The summed E-state index contributed by atoms with van der Waals surface area (Å²) < 4.78 is 14.1. The van der Waals surface area contributed by atoms with Crippen molar-refractivity contribution in [2.75, 3.05) is 41.2 Å². The second-order valence-corrected chi connectivity index (χ2v) is 3.44. The Balaban J connectivity index is -0.000000187. The van der Waals surface area contributed by atoms with E-state index in [2.05, 4.69) is 6.58 Å². The molecule has 3 nitrogen and oxygen atoms in total. The molecule has 0 saturated carbocycles. The molecule has 0 rings (SSSR count). The van der Waals surface area contributed by atoms with Crippen molar-refractivity contribution in [3.63, 3.8) is 0 Å². The predicted octanol–water partition coefficient (Wildman–Crippen LogP) is 3.63. The zero-order valence-corrected chi connectivity index (χ0v) is 12.9. The van der Waals surface area contributed by atoms with Gasteiger partial charge in [-0.1, -0.05) is 36.5 Å². The number of methoxy groups -OCH3 is 3. The lowest BCUT2D eigenvalue weighted by molar-refractivity contribution is 0.226. The van der Waals surface area contributed by atoms with E-state index in [1.807, 2.05) is 45.1 Å². The van der Waals surface area contributed by atoms with Gasteiger partial charge in [0.25, 0.3) is 0 Å². The molecule has 0 aliphatic heterocycles. The molecule has 0 fully saturated rings. The summed E-state index contributed by atoms with van der Waals surface area (Å²) in [6.07, 6.45) is 7.84. The van der Waals surface area contributed by atoms with Gasteiger partial charge in [0.2, 0.25) is 0 Å². The molecule has 108 valence electrons. The summed E-state index contributed by atoms with van der Waals surface area (Å²) in [6.45, 7) is 11.6. The number of allylic oxidation sites excluding steroid dienone is 2. The molecule has 0 aliphatic carbocycles. The van der Waals surface area contributed by atoms with E-state index < -0.39 is 0 Å². The molecule has 0 amide bonds. The van der Waals surface area contributed by atoms with Crippen LogP contribution in [0.2, 0.25) is 0 Å². The van der Waals surface area contributed by atoms with Crippen LogP contribution in [-0.2, 0) is 14.2 Å². The fourth-order valence-corrected chi connectivity index (χ4v) is 0.631. The van der Waals surface area contributed by atoms with Gasteiger partial charge in [0, 0.05) is 21.3 Å². The van der Waals surface area contributed by atoms with Gasteiger partial charge in [-0.05, 0) is 20.8 Å². The first-order valence-electron chi connectivity index (χ1n) is 5.94. The first-order valence-corrected chi connectivity index (χ1v) is 5.94. The van der Waals surface area contributed by atoms with Crippen molar-refractivity contribution in [3.8, 4) is 0 Å². The van der Waals surface area contributed by atoms with E-state index in [9.17, 15) is 0 Å². The molecule has 0 aliphatic rings. The number of hydrogen-bond donors (Lipinski definition) is 0. The van der Waals surface area contributed by atoms with Gasteiger partial charge >= 0.3 is 0 Å². The monoisotopic (exact) mass is 258 g/mol. The van der Waals surface area contributed by atoms with Crippen LogP contribution in [0, 0.1) is 0 Å². The molecule has 3 heteroatoms. The van der Waals surface area contributed by atoms with Crippen molar-refractivity contribution >= 4 is 0 Å². The molecule has 0 heterocycles. The molecule has 0 spiro atoms.